The number of carbonyl (C=O) groups is 4. The van der Waals surface area contributed by atoms with Gasteiger partial charge in [-0.1, -0.05) is 33.6 Å². The van der Waals surface area contributed by atoms with Gasteiger partial charge in [-0.25, -0.2) is 9.69 Å². The lowest BCUT2D eigenvalue weighted by atomic mass is 9.82. The first-order chi connectivity index (χ1) is 16.7. The van der Waals surface area contributed by atoms with Gasteiger partial charge in [-0.05, 0) is 80.5 Å². The van der Waals surface area contributed by atoms with Crippen molar-refractivity contribution in [3.05, 3.63) is 69.2 Å². The Morgan fingerprint density at radius 2 is 1.80 bits per heavy atom. The summed E-state index contributed by atoms with van der Waals surface area (Å²) in [5.41, 5.74) is 4.26. The summed E-state index contributed by atoms with van der Waals surface area (Å²) in [7, 11) is 0. The van der Waals surface area contributed by atoms with Gasteiger partial charge in [0.15, 0.2) is 6.61 Å². The van der Waals surface area contributed by atoms with Gasteiger partial charge >= 0.3 is 5.97 Å². The summed E-state index contributed by atoms with van der Waals surface area (Å²) in [6.07, 6.45) is 2.98. The van der Waals surface area contributed by atoms with Crippen LogP contribution < -0.4 is 10.2 Å². The second kappa shape index (κ2) is 8.75. The van der Waals surface area contributed by atoms with E-state index in [9.17, 15) is 19.2 Å². The van der Waals surface area contributed by atoms with Crippen LogP contribution in [0.25, 0.3) is 0 Å². The van der Waals surface area contributed by atoms with Gasteiger partial charge in [0.25, 0.3) is 5.91 Å². The van der Waals surface area contributed by atoms with E-state index in [1.165, 1.54) is 22.6 Å². The fourth-order valence-corrected chi connectivity index (χ4v) is 6.05. The van der Waals surface area contributed by atoms with Crippen molar-refractivity contribution in [2.45, 2.75) is 27.2 Å². The minimum atomic E-state index is -0.706. The summed E-state index contributed by atoms with van der Waals surface area (Å²) in [5, 5.41) is 2.75. The number of rotatable bonds is 5. The summed E-state index contributed by atoms with van der Waals surface area (Å²) in [6.45, 7) is 5.39. The van der Waals surface area contributed by atoms with E-state index in [0.717, 1.165) is 22.0 Å². The van der Waals surface area contributed by atoms with Crippen LogP contribution in [0.3, 0.4) is 0 Å². The molecule has 1 N–H and O–H groups in total. The molecule has 8 heteroatoms. The lowest BCUT2D eigenvalue weighted by Gasteiger charge is -2.19. The number of carbonyl (C=O) groups excluding carboxylic acids is 4. The summed E-state index contributed by atoms with van der Waals surface area (Å²) in [5.74, 6) is -1.99. The fourth-order valence-electron chi connectivity index (χ4n) is 5.62. The first-order valence-corrected chi connectivity index (χ1v) is 12.4. The molecule has 2 aliphatic carbocycles. The summed E-state index contributed by atoms with van der Waals surface area (Å²) in [6, 6.07) is 9.87. The molecule has 35 heavy (non-hydrogen) atoms. The summed E-state index contributed by atoms with van der Waals surface area (Å²) < 4.78 is 6.14. The van der Waals surface area contributed by atoms with Crippen molar-refractivity contribution in [1.82, 2.24) is 0 Å². The first-order valence-electron chi connectivity index (χ1n) is 11.6. The molecule has 0 unspecified atom stereocenters. The van der Waals surface area contributed by atoms with Crippen LogP contribution in [0.1, 0.15) is 34.8 Å². The van der Waals surface area contributed by atoms with Crippen LogP contribution in [0.5, 0.6) is 0 Å². The molecular formula is C27H25BrN2O5. The van der Waals surface area contributed by atoms with E-state index in [0.29, 0.717) is 11.4 Å². The van der Waals surface area contributed by atoms with E-state index in [-0.39, 0.29) is 41.0 Å². The van der Waals surface area contributed by atoms with Crippen LogP contribution in [-0.2, 0) is 19.1 Å². The number of nitrogens with one attached hydrogen (secondary N) is 1. The fraction of sp³-hybridized carbons (Fsp3) is 0.333. The van der Waals surface area contributed by atoms with Crippen molar-refractivity contribution >= 4 is 51.0 Å². The molecule has 0 aromatic heterocycles. The SMILES string of the molecule is CC1=C[C@H]2C[C@H]1[C@@H]1C(=O)N(c3cccc(C(=O)OCC(=O)Nc4ccc(Br)c(C)c4C)c3)C(=O)[C@H]12. The molecule has 0 spiro atoms. The topological polar surface area (TPSA) is 92.8 Å². The van der Waals surface area contributed by atoms with Crippen LogP contribution in [-0.4, -0.2) is 30.3 Å². The molecule has 0 radical (unpaired) electrons. The van der Waals surface area contributed by atoms with Gasteiger partial charge in [-0.3, -0.25) is 14.4 Å². The highest BCUT2D eigenvalue weighted by molar-refractivity contribution is 9.10. The molecule has 3 amide bonds. The van der Waals surface area contributed by atoms with E-state index in [1.54, 1.807) is 18.2 Å². The number of ether oxygens (including phenoxy) is 1. The van der Waals surface area contributed by atoms with Gasteiger partial charge in [0.05, 0.1) is 23.1 Å². The maximum atomic E-state index is 13.2. The van der Waals surface area contributed by atoms with Gasteiger partial charge in [0.1, 0.15) is 0 Å². The number of halogens is 1. The molecule has 2 aromatic rings. The zero-order chi connectivity index (χ0) is 25.0. The predicted octanol–water partition coefficient (Wildman–Crippen LogP) is 4.56. The number of allylic oxidation sites excluding steroid dienone is 2. The van der Waals surface area contributed by atoms with E-state index in [1.807, 2.05) is 26.8 Å². The first kappa shape index (κ1) is 23.5. The number of fused-ring (bicyclic) bond motifs is 5. The normalized spacial score (nSPS) is 24.5. The molecule has 4 atom stereocenters. The van der Waals surface area contributed by atoms with Gasteiger partial charge in [-0.15, -0.1) is 0 Å². The highest BCUT2D eigenvalue weighted by Crippen LogP contribution is 2.55. The predicted molar refractivity (Wildman–Crippen MR) is 134 cm³/mol. The van der Waals surface area contributed by atoms with Crippen molar-refractivity contribution in [2.75, 3.05) is 16.8 Å². The lowest BCUT2D eigenvalue weighted by molar-refractivity contribution is -0.123. The van der Waals surface area contributed by atoms with Crippen molar-refractivity contribution in [2.24, 2.45) is 23.7 Å². The number of imide groups is 1. The van der Waals surface area contributed by atoms with Gasteiger partial charge in [0, 0.05) is 10.2 Å². The Kier molecular flexibility index (Phi) is 5.87. The Labute approximate surface area is 211 Å². The quantitative estimate of drug-likeness (QED) is 0.343. The highest BCUT2D eigenvalue weighted by atomic mass is 79.9. The number of amides is 3. The van der Waals surface area contributed by atoms with Gasteiger partial charge < -0.3 is 10.1 Å². The third kappa shape index (κ3) is 3.89. The zero-order valence-corrected chi connectivity index (χ0v) is 21.2. The Bertz CT molecular complexity index is 1320. The number of hydrogen-bond donors (Lipinski definition) is 1. The van der Waals surface area contributed by atoms with Crippen molar-refractivity contribution in [1.29, 1.82) is 0 Å². The van der Waals surface area contributed by atoms with Crippen molar-refractivity contribution in [3.8, 4) is 0 Å². The Morgan fingerprint density at radius 3 is 2.57 bits per heavy atom. The summed E-state index contributed by atoms with van der Waals surface area (Å²) >= 11 is 3.45. The highest BCUT2D eigenvalue weighted by Gasteiger charge is 2.60. The molecule has 1 saturated heterocycles. The molecular weight excluding hydrogens is 512 g/mol. The molecule has 2 fully saturated rings. The maximum Gasteiger partial charge on any atom is 0.338 e. The Morgan fingerprint density at radius 1 is 1.06 bits per heavy atom. The van der Waals surface area contributed by atoms with Gasteiger partial charge in [0.2, 0.25) is 11.8 Å². The smallest absolute Gasteiger partial charge is 0.338 e. The molecule has 1 aliphatic heterocycles. The van der Waals surface area contributed by atoms with E-state index in [2.05, 4.69) is 27.3 Å². The molecule has 2 aromatic carbocycles. The van der Waals surface area contributed by atoms with E-state index < -0.39 is 18.5 Å². The molecule has 1 saturated carbocycles. The van der Waals surface area contributed by atoms with Crippen LogP contribution >= 0.6 is 15.9 Å². The molecule has 2 bridgehead atoms. The molecule has 180 valence electrons. The Balaban J connectivity index is 1.25. The number of benzene rings is 2. The van der Waals surface area contributed by atoms with Crippen LogP contribution in [0.2, 0.25) is 0 Å². The average molecular weight is 537 g/mol. The average Bonchev–Trinajstić information content (AvgIpc) is 3.48. The number of nitrogens with zero attached hydrogens (tertiary/aromatic N) is 1. The molecule has 3 aliphatic rings. The minimum absolute atomic E-state index is 0.108. The second-order valence-corrected chi connectivity index (χ2v) is 10.4. The minimum Gasteiger partial charge on any atom is -0.452 e. The number of anilines is 2. The molecule has 5 rings (SSSR count). The monoisotopic (exact) mass is 536 g/mol. The maximum absolute atomic E-state index is 13.2. The Hall–Kier alpha value is -3.26. The van der Waals surface area contributed by atoms with E-state index >= 15 is 0 Å². The number of esters is 1. The second-order valence-electron chi connectivity index (χ2n) is 9.50. The third-order valence-corrected chi connectivity index (χ3v) is 8.41. The molecule has 7 nitrogen and oxygen atoms in total. The standard InChI is InChI=1S/C27H25BrN2O5/c1-13-9-17-11-19(13)24-23(17)25(32)30(26(24)33)18-6-4-5-16(10-18)27(34)35-12-22(31)29-21-8-7-20(28)14(2)15(21)3/h4-10,17,19,23-24H,11-12H2,1-3H3,(H,29,31)/t17-,19+,23-,24-/m0/s1. The number of hydrogen-bond acceptors (Lipinski definition) is 5. The third-order valence-electron chi connectivity index (χ3n) is 7.55. The zero-order valence-electron chi connectivity index (χ0n) is 19.6. The van der Waals surface area contributed by atoms with Crippen molar-refractivity contribution in [3.63, 3.8) is 0 Å². The van der Waals surface area contributed by atoms with Crippen LogP contribution in [0.15, 0.2) is 52.5 Å². The largest absolute Gasteiger partial charge is 0.452 e. The van der Waals surface area contributed by atoms with Crippen molar-refractivity contribution < 1.29 is 23.9 Å². The molecule has 1 heterocycles. The lowest BCUT2D eigenvalue weighted by Crippen LogP contribution is -2.33. The van der Waals surface area contributed by atoms with E-state index in [4.69, 9.17) is 4.74 Å². The van der Waals surface area contributed by atoms with Crippen LogP contribution in [0, 0.1) is 37.5 Å². The summed E-state index contributed by atoms with van der Waals surface area (Å²) in [4.78, 5) is 52.5. The van der Waals surface area contributed by atoms with Crippen LogP contribution in [0.4, 0.5) is 11.4 Å². The van der Waals surface area contributed by atoms with Gasteiger partial charge in [-0.2, -0.15) is 0 Å².